The molecule has 2 fully saturated rings. The smallest absolute Gasteiger partial charge is 0.257 e. The Bertz CT molecular complexity index is 605. The molecular formula is C18H25N3O3. The van der Waals surface area contributed by atoms with E-state index >= 15 is 0 Å². The van der Waals surface area contributed by atoms with Gasteiger partial charge >= 0.3 is 0 Å². The SMILES string of the molecule is CCOc1ccccc1C(=O)N1CCCC(N2CCNCC2=O)C1. The Morgan fingerprint density at radius 1 is 1.33 bits per heavy atom. The lowest BCUT2D eigenvalue weighted by atomic mass is 10.0. The predicted molar refractivity (Wildman–Crippen MR) is 91.1 cm³/mol. The van der Waals surface area contributed by atoms with Crippen LogP contribution in [0.15, 0.2) is 24.3 Å². The summed E-state index contributed by atoms with van der Waals surface area (Å²) in [7, 11) is 0. The highest BCUT2D eigenvalue weighted by Crippen LogP contribution is 2.23. The molecule has 0 aliphatic carbocycles. The summed E-state index contributed by atoms with van der Waals surface area (Å²) in [6.45, 7) is 5.72. The van der Waals surface area contributed by atoms with Crippen molar-refractivity contribution in [2.75, 3.05) is 39.3 Å². The first-order chi connectivity index (χ1) is 11.7. The molecule has 1 aromatic carbocycles. The van der Waals surface area contributed by atoms with Gasteiger partial charge in [-0.2, -0.15) is 0 Å². The second-order valence-corrected chi connectivity index (χ2v) is 6.24. The molecule has 6 nitrogen and oxygen atoms in total. The number of ether oxygens (including phenoxy) is 1. The maximum Gasteiger partial charge on any atom is 0.257 e. The van der Waals surface area contributed by atoms with E-state index in [-0.39, 0.29) is 17.9 Å². The summed E-state index contributed by atoms with van der Waals surface area (Å²) in [5.74, 6) is 0.756. The van der Waals surface area contributed by atoms with Crippen molar-refractivity contribution in [1.29, 1.82) is 0 Å². The second-order valence-electron chi connectivity index (χ2n) is 6.24. The van der Waals surface area contributed by atoms with Gasteiger partial charge < -0.3 is 19.9 Å². The van der Waals surface area contributed by atoms with Crippen LogP contribution >= 0.6 is 0 Å². The van der Waals surface area contributed by atoms with E-state index in [1.807, 2.05) is 41.0 Å². The highest BCUT2D eigenvalue weighted by Gasteiger charge is 2.32. The van der Waals surface area contributed by atoms with Gasteiger partial charge in [-0.25, -0.2) is 0 Å². The van der Waals surface area contributed by atoms with Crippen molar-refractivity contribution in [3.63, 3.8) is 0 Å². The molecule has 0 saturated carbocycles. The van der Waals surface area contributed by atoms with Crippen molar-refractivity contribution >= 4 is 11.8 Å². The van der Waals surface area contributed by atoms with Gasteiger partial charge in [-0.1, -0.05) is 12.1 Å². The summed E-state index contributed by atoms with van der Waals surface area (Å²) < 4.78 is 5.59. The molecule has 1 unspecified atom stereocenters. The van der Waals surface area contributed by atoms with Gasteiger partial charge in [0.05, 0.1) is 18.7 Å². The fourth-order valence-electron chi connectivity index (χ4n) is 3.50. The Balaban J connectivity index is 1.72. The number of carbonyl (C=O) groups excluding carboxylic acids is 2. The molecule has 3 rings (SSSR count). The third-order valence-corrected chi connectivity index (χ3v) is 4.67. The van der Waals surface area contributed by atoms with E-state index in [9.17, 15) is 9.59 Å². The molecule has 2 heterocycles. The molecule has 2 amide bonds. The van der Waals surface area contributed by atoms with Crippen LogP contribution in [0.5, 0.6) is 5.75 Å². The number of nitrogens with zero attached hydrogens (tertiary/aromatic N) is 2. The lowest BCUT2D eigenvalue weighted by Gasteiger charge is -2.41. The zero-order valence-corrected chi connectivity index (χ0v) is 14.2. The summed E-state index contributed by atoms with van der Waals surface area (Å²) in [6, 6.07) is 7.50. The fourth-order valence-corrected chi connectivity index (χ4v) is 3.50. The minimum atomic E-state index is -0.00802. The molecule has 24 heavy (non-hydrogen) atoms. The van der Waals surface area contributed by atoms with Gasteiger partial charge in [-0.15, -0.1) is 0 Å². The predicted octanol–water partition coefficient (Wildman–Crippen LogP) is 1.12. The first-order valence-electron chi connectivity index (χ1n) is 8.72. The number of piperazine rings is 1. The number of para-hydroxylation sites is 1. The molecule has 0 radical (unpaired) electrons. The van der Waals surface area contributed by atoms with Crippen LogP contribution in [0.2, 0.25) is 0 Å². The Morgan fingerprint density at radius 3 is 2.96 bits per heavy atom. The maximum atomic E-state index is 12.9. The molecule has 1 N–H and O–H groups in total. The molecule has 2 aliphatic rings. The van der Waals surface area contributed by atoms with E-state index in [2.05, 4.69) is 5.32 Å². The highest BCUT2D eigenvalue weighted by atomic mass is 16.5. The topological polar surface area (TPSA) is 61.9 Å². The minimum Gasteiger partial charge on any atom is -0.493 e. The number of amides is 2. The highest BCUT2D eigenvalue weighted by molar-refractivity contribution is 5.97. The number of hydrogen-bond donors (Lipinski definition) is 1. The zero-order chi connectivity index (χ0) is 16.9. The van der Waals surface area contributed by atoms with Crippen molar-refractivity contribution in [1.82, 2.24) is 15.1 Å². The molecule has 0 aromatic heterocycles. The van der Waals surface area contributed by atoms with Crippen LogP contribution in [0.1, 0.15) is 30.1 Å². The first kappa shape index (κ1) is 16.8. The number of nitrogens with one attached hydrogen (secondary N) is 1. The van der Waals surface area contributed by atoms with Gasteiger partial charge in [0, 0.05) is 32.2 Å². The van der Waals surface area contributed by atoms with E-state index in [4.69, 9.17) is 4.74 Å². The maximum absolute atomic E-state index is 12.9. The van der Waals surface area contributed by atoms with Gasteiger partial charge in [0.1, 0.15) is 5.75 Å². The second kappa shape index (κ2) is 7.66. The Kier molecular flexibility index (Phi) is 5.35. The van der Waals surface area contributed by atoms with Gasteiger partial charge in [0.15, 0.2) is 0 Å². The Morgan fingerprint density at radius 2 is 2.17 bits per heavy atom. The van der Waals surface area contributed by atoms with E-state index in [1.54, 1.807) is 0 Å². The molecule has 0 bridgehead atoms. The first-order valence-corrected chi connectivity index (χ1v) is 8.72. The van der Waals surface area contributed by atoms with Crippen molar-refractivity contribution in [2.24, 2.45) is 0 Å². The number of carbonyl (C=O) groups is 2. The quantitative estimate of drug-likeness (QED) is 0.898. The third-order valence-electron chi connectivity index (χ3n) is 4.67. The zero-order valence-electron chi connectivity index (χ0n) is 14.2. The van der Waals surface area contributed by atoms with Crippen LogP contribution in [0.4, 0.5) is 0 Å². The van der Waals surface area contributed by atoms with E-state index in [0.29, 0.717) is 31.0 Å². The van der Waals surface area contributed by atoms with Crippen molar-refractivity contribution < 1.29 is 14.3 Å². The molecule has 1 aromatic rings. The molecule has 130 valence electrons. The summed E-state index contributed by atoms with van der Waals surface area (Å²) in [4.78, 5) is 28.9. The van der Waals surface area contributed by atoms with Crippen molar-refractivity contribution in [3.8, 4) is 5.75 Å². The number of piperidine rings is 1. The molecule has 6 heteroatoms. The van der Waals surface area contributed by atoms with Gasteiger partial charge in [0.25, 0.3) is 5.91 Å². The lowest BCUT2D eigenvalue weighted by Crippen LogP contribution is -2.57. The van der Waals surface area contributed by atoms with Crippen LogP contribution in [0.3, 0.4) is 0 Å². The van der Waals surface area contributed by atoms with Gasteiger partial charge in [0.2, 0.25) is 5.91 Å². The van der Waals surface area contributed by atoms with Gasteiger partial charge in [-0.05, 0) is 31.9 Å². The van der Waals surface area contributed by atoms with Gasteiger partial charge in [-0.3, -0.25) is 9.59 Å². The van der Waals surface area contributed by atoms with Crippen LogP contribution < -0.4 is 10.1 Å². The van der Waals surface area contributed by atoms with E-state index in [1.165, 1.54) is 0 Å². The molecule has 1 atom stereocenters. The average Bonchev–Trinajstić information content (AvgIpc) is 2.62. The number of benzene rings is 1. The van der Waals surface area contributed by atoms with Crippen LogP contribution in [0.25, 0.3) is 0 Å². The Labute approximate surface area is 142 Å². The largest absolute Gasteiger partial charge is 0.493 e. The normalized spacial score (nSPS) is 21.7. The molecule has 2 saturated heterocycles. The van der Waals surface area contributed by atoms with E-state index in [0.717, 1.165) is 32.5 Å². The summed E-state index contributed by atoms with van der Waals surface area (Å²) in [5, 5.41) is 3.10. The van der Waals surface area contributed by atoms with Crippen LogP contribution in [-0.4, -0.2) is 67.0 Å². The number of hydrogen-bond acceptors (Lipinski definition) is 4. The Hall–Kier alpha value is -2.08. The number of likely N-dealkylation sites (tertiary alicyclic amines) is 1. The third kappa shape index (κ3) is 3.53. The standard InChI is InChI=1S/C18H25N3O3/c1-2-24-16-8-4-3-7-15(16)18(23)20-10-5-6-14(13-20)21-11-9-19-12-17(21)22/h3-4,7-8,14,19H,2,5-6,9-13H2,1H3. The average molecular weight is 331 g/mol. The number of rotatable bonds is 4. The monoisotopic (exact) mass is 331 g/mol. The summed E-state index contributed by atoms with van der Waals surface area (Å²) in [6.07, 6.45) is 1.88. The van der Waals surface area contributed by atoms with Crippen molar-refractivity contribution in [3.05, 3.63) is 29.8 Å². The minimum absolute atomic E-state index is 0.00802. The van der Waals surface area contributed by atoms with Crippen LogP contribution in [-0.2, 0) is 4.79 Å². The summed E-state index contributed by atoms with van der Waals surface area (Å²) >= 11 is 0. The molecule has 2 aliphatic heterocycles. The van der Waals surface area contributed by atoms with E-state index < -0.39 is 0 Å². The molecule has 0 spiro atoms. The summed E-state index contributed by atoms with van der Waals surface area (Å²) in [5.41, 5.74) is 0.603. The molecular weight excluding hydrogens is 306 g/mol. The van der Waals surface area contributed by atoms with Crippen LogP contribution in [0, 0.1) is 0 Å². The van der Waals surface area contributed by atoms with Crippen molar-refractivity contribution in [2.45, 2.75) is 25.8 Å². The lowest BCUT2D eigenvalue weighted by molar-refractivity contribution is -0.135. The fraction of sp³-hybridized carbons (Fsp3) is 0.556.